The Hall–Kier alpha value is -6.98. The Morgan fingerprint density at radius 2 is 1.42 bits per heavy atom. The van der Waals surface area contributed by atoms with E-state index in [4.69, 9.17) is 23.4 Å². The Balaban J connectivity index is 1.14. The van der Waals surface area contributed by atoms with E-state index in [1.165, 1.54) is 0 Å². The zero-order valence-electron chi connectivity index (χ0n) is 41.6. The van der Waals surface area contributed by atoms with E-state index < -0.39 is 60.4 Å². The molecule has 6 aromatic carbocycles. The second-order valence-electron chi connectivity index (χ2n) is 15.0. The van der Waals surface area contributed by atoms with Crippen LogP contribution >= 0.6 is 0 Å². The predicted octanol–water partition coefficient (Wildman–Crippen LogP) is 12.5. The number of rotatable bonds is 7. The molecular formula is C52H42N4O. The van der Waals surface area contributed by atoms with Gasteiger partial charge in [-0.15, -0.1) is 0 Å². The normalized spacial score (nSPS) is 15.9. The van der Waals surface area contributed by atoms with Crippen molar-refractivity contribution in [3.63, 3.8) is 0 Å². The fourth-order valence-electron chi connectivity index (χ4n) is 7.75. The minimum atomic E-state index is -0.547. The number of aromatic nitrogens is 4. The van der Waals surface area contributed by atoms with Gasteiger partial charge in [-0.3, -0.25) is 13.7 Å². The van der Waals surface area contributed by atoms with Crippen molar-refractivity contribution in [1.29, 1.82) is 0 Å². The van der Waals surface area contributed by atoms with E-state index in [9.17, 15) is 0 Å². The fourth-order valence-corrected chi connectivity index (χ4v) is 7.75. The third-order valence-corrected chi connectivity index (χ3v) is 10.4. The van der Waals surface area contributed by atoms with Crippen LogP contribution in [0.15, 0.2) is 176 Å². The molecule has 9 aromatic rings. The lowest BCUT2D eigenvalue weighted by atomic mass is 9.87. The van der Waals surface area contributed by atoms with Gasteiger partial charge < -0.3 is 4.74 Å². The van der Waals surface area contributed by atoms with Crippen LogP contribution in [0.1, 0.15) is 64.0 Å². The van der Waals surface area contributed by atoms with Crippen LogP contribution in [0, 0.1) is 6.33 Å². The van der Waals surface area contributed by atoms with Crippen molar-refractivity contribution >= 4 is 49.7 Å². The molecule has 1 aliphatic rings. The van der Waals surface area contributed by atoms with Gasteiger partial charge in [-0.25, -0.2) is 4.98 Å². The number of fused-ring (bicyclic) bond motifs is 4. The van der Waals surface area contributed by atoms with Crippen molar-refractivity contribution in [2.75, 3.05) is 0 Å². The molecule has 0 N–H and O–H groups in total. The first-order chi connectivity index (χ1) is 32.0. The lowest BCUT2D eigenvalue weighted by molar-refractivity contribution is -0.553. The maximum absolute atomic E-state index is 9.02. The Morgan fingerprint density at radius 3 is 2.23 bits per heavy atom. The van der Waals surface area contributed by atoms with Gasteiger partial charge in [0.05, 0.1) is 47.2 Å². The van der Waals surface area contributed by atoms with Crippen molar-refractivity contribution in [1.82, 2.24) is 14.1 Å². The van der Waals surface area contributed by atoms with Gasteiger partial charge in [-0.05, 0) is 94.6 Å². The maximum Gasteiger partial charge on any atom is 0.269 e. The largest absolute Gasteiger partial charge is 0.458 e. The predicted molar refractivity (Wildman–Crippen MR) is 233 cm³/mol. The third-order valence-electron chi connectivity index (χ3n) is 10.4. The molecule has 57 heavy (non-hydrogen) atoms. The highest BCUT2D eigenvalue weighted by molar-refractivity contribution is 6.09. The molecule has 0 saturated carbocycles. The molecule has 0 unspecified atom stereocenters. The number of hydrogen-bond donors (Lipinski definition) is 0. The molecule has 0 radical (unpaired) electrons. The number of ether oxygens (including phenoxy) is 1. The van der Waals surface area contributed by atoms with Gasteiger partial charge in [0.25, 0.3) is 6.33 Å². The summed E-state index contributed by atoms with van der Waals surface area (Å²) in [5.74, 6) is 1.93. The van der Waals surface area contributed by atoms with Gasteiger partial charge >= 0.3 is 0 Å². The number of pyridine rings is 1. The molecule has 0 aliphatic heterocycles. The number of hydrogen-bond acceptors (Lipinski definition) is 2. The highest BCUT2D eigenvalue weighted by atomic mass is 16.5. The molecule has 1 aliphatic carbocycles. The van der Waals surface area contributed by atoms with Crippen LogP contribution in [0.25, 0.3) is 61.2 Å². The molecule has 3 aromatic heterocycles. The average molecular weight is 749 g/mol. The highest BCUT2D eigenvalue weighted by Crippen LogP contribution is 2.40. The Bertz CT molecular complexity index is 3560. The van der Waals surface area contributed by atoms with Crippen molar-refractivity contribution in [3.05, 3.63) is 199 Å². The molecule has 0 fully saturated rings. The monoisotopic (exact) mass is 748 g/mol. The first-order valence-corrected chi connectivity index (χ1v) is 18.9. The number of imidazole rings is 1. The van der Waals surface area contributed by atoms with Crippen LogP contribution in [0.4, 0.5) is 0 Å². The molecule has 276 valence electrons. The molecule has 5 heteroatoms. The number of nitrogens with zero attached hydrogens (tertiary/aromatic N) is 4. The summed E-state index contributed by atoms with van der Waals surface area (Å²) in [6.07, 6.45) is 7.61. The van der Waals surface area contributed by atoms with Crippen LogP contribution in [-0.2, 0) is 5.41 Å². The Kier molecular flexibility index (Phi) is 6.17. The van der Waals surface area contributed by atoms with E-state index in [0.717, 1.165) is 33.2 Å². The highest BCUT2D eigenvalue weighted by Gasteiger charge is 2.24. The topological polar surface area (TPSA) is 35.9 Å². The van der Waals surface area contributed by atoms with Crippen molar-refractivity contribution in [2.45, 2.75) is 39.0 Å². The van der Waals surface area contributed by atoms with E-state index in [0.29, 0.717) is 40.2 Å². The van der Waals surface area contributed by atoms with Gasteiger partial charge in [0.15, 0.2) is 0 Å². The summed E-state index contributed by atoms with van der Waals surface area (Å²) in [5.41, 5.74) is 5.70. The lowest BCUT2D eigenvalue weighted by Gasteiger charge is -2.24. The number of para-hydroxylation sites is 3. The van der Waals surface area contributed by atoms with Gasteiger partial charge in [0.1, 0.15) is 17.3 Å². The van der Waals surface area contributed by atoms with E-state index >= 15 is 0 Å². The quantitative estimate of drug-likeness (QED) is 0.120. The molecule has 10 rings (SSSR count). The third kappa shape index (κ3) is 6.22. The molecular weight excluding hydrogens is 697 g/mol. The van der Waals surface area contributed by atoms with Crippen LogP contribution in [0.3, 0.4) is 0 Å². The van der Waals surface area contributed by atoms with Gasteiger partial charge in [0, 0.05) is 23.0 Å². The maximum atomic E-state index is 9.02. The number of benzene rings is 6. The van der Waals surface area contributed by atoms with Crippen LogP contribution < -0.4 is 9.30 Å². The minimum absolute atomic E-state index is 0.0409. The van der Waals surface area contributed by atoms with E-state index in [-0.39, 0.29) is 34.2 Å². The Labute approximate surface area is 347 Å². The molecule has 5 nitrogen and oxygen atoms in total. The summed E-state index contributed by atoms with van der Waals surface area (Å²) in [6, 6.07) is 28.5. The van der Waals surface area contributed by atoms with Gasteiger partial charge in [-0.2, -0.15) is 0 Å². The van der Waals surface area contributed by atoms with E-state index in [1.807, 2.05) is 89.6 Å². The zero-order chi connectivity index (χ0) is 47.2. The van der Waals surface area contributed by atoms with Crippen LogP contribution in [-0.4, -0.2) is 14.1 Å². The van der Waals surface area contributed by atoms with Crippen molar-refractivity contribution < 1.29 is 23.0 Å². The van der Waals surface area contributed by atoms with Gasteiger partial charge in [0.2, 0.25) is 0 Å². The first kappa shape index (κ1) is 25.2. The van der Waals surface area contributed by atoms with Crippen LogP contribution in [0.5, 0.6) is 11.5 Å². The summed E-state index contributed by atoms with van der Waals surface area (Å²) in [5, 5.41) is 2.14. The van der Waals surface area contributed by atoms with Crippen LogP contribution in [0.2, 0.25) is 0 Å². The summed E-state index contributed by atoms with van der Waals surface area (Å²) in [6.45, 7) is 6.54. The second-order valence-corrected chi connectivity index (χ2v) is 15.0. The fraction of sp³-hybridized carbons (Fsp3) is 0.115. The molecule has 0 amide bonds. The summed E-state index contributed by atoms with van der Waals surface area (Å²) < 4.78 is 99.3. The summed E-state index contributed by atoms with van der Waals surface area (Å²) >= 11 is 0. The van der Waals surface area contributed by atoms with Gasteiger partial charge in [-0.1, -0.05) is 136 Å². The van der Waals surface area contributed by atoms with Crippen molar-refractivity contribution in [3.8, 4) is 23.0 Å². The lowest BCUT2D eigenvalue weighted by Crippen LogP contribution is -2.34. The smallest absolute Gasteiger partial charge is 0.269 e. The van der Waals surface area contributed by atoms with Crippen molar-refractivity contribution in [2.24, 2.45) is 0 Å². The zero-order valence-corrected chi connectivity index (χ0v) is 31.6. The Morgan fingerprint density at radius 1 is 0.702 bits per heavy atom. The molecule has 0 bridgehead atoms. The average Bonchev–Trinajstić information content (AvgIpc) is 3.87. The minimum Gasteiger partial charge on any atom is -0.458 e. The summed E-state index contributed by atoms with van der Waals surface area (Å²) in [7, 11) is 0. The van der Waals surface area contributed by atoms with E-state index in [2.05, 4.69) is 55.9 Å². The van der Waals surface area contributed by atoms with E-state index in [1.54, 1.807) is 10.6 Å². The number of allylic oxidation sites excluding steroid dienone is 4. The molecule has 0 spiro atoms. The second kappa shape index (κ2) is 13.9. The molecule has 0 saturated heterocycles. The molecule has 0 atom stereocenters. The summed E-state index contributed by atoms with van der Waals surface area (Å²) in [4.78, 5) is 4.82. The first-order valence-electron chi connectivity index (χ1n) is 23.9. The standard InChI is InChI=1S/C52H42N4O/c1-52(2,3)38-30-31-53-50(32-38)56-46-25-11-10-22-44(46)45-29-28-41(34-49(45)56)57-40-21-14-20-39(33-40)54-35-55(48-27-13-12-26-47(48)54)51-42(36-16-6-4-7-17-36)23-15-24-43(51)37-18-8-5-9-19-37/h4-14,16-23,25-34H,15,24H2,1-3H3/i4D,5D,6D,7D,8D,9D,16D,17D,18D,19D. The SMILES string of the molecule is [2H]c1c([2H])c([2H])c(C2=CCCC(c3c([2H])c([2H])c([2H])c([2H])c3[2H])=C2[n+]2[c-]n(-c3cccc(Oc4ccc5c6ccccc6n(-c6cc(C(C)(C)C)ccn6)c5c4)c3)c3ccccc32)c([2H])c1[2H]. The molecule has 3 heterocycles.